The summed E-state index contributed by atoms with van der Waals surface area (Å²) < 4.78 is 17.5. The largest absolute Gasteiger partial charge is 0.508 e. The zero-order chi connectivity index (χ0) is 23.5. The summed E-state index contributed by atoms with van der Waals surface area (Å²) in [7, 11) is 0. The third-order valence-corrected chi connectivity index (χ3v) is 6.05. The zero-order valence-electron chi connectivity index (χ0n) is 17.7. The number of thioether (sulfide) groups is 1. The molecular weight excluding hydrogens is 565 g/mol. The van der Waals surface area contributed by atoms with E-state index in [2.05, 4.69) is 40.5 Å². The molecule has 0 spiro atoms. The van der Waals surface area contributed by atoms with E-state index in [0.717, 1.165) is 8.47 Å². The maximum absolute atomic E-state index is 12.7. The summed E-state index contributed by atoms with van der Waals surface area (Å²) in [5, 5.41) is 13.2. The fourth-order valence-electron chi connectivity index (χ4n) is 2.90. The van der Waals surface area contributed by atoms with Gasteiger partial charge in [0.1, 0.15) is 11.9 Å². The highest BCUT2D eigenvalue weighted by Crippen LogP contribution is 2.34. The SMILES string of the molecule is CCO[C@H](CCOC(=O)CS)[C@H](OC(=O)Nc1ccc(SC)cc1)c1cc(I)ccc1O. The molecular formula is C22H26INO6S2. The number of hydrogen-bond donors (Lipinski definition) is 3. The minimum Gasteiger partial charge on any atom is -0.508 e. The first-order chi connectivity index (χ1) is 15.4. The second-order valence-electron chi connectivity index (χ2n) is 6.54. The van der Waals surface area contributed by atoms with Gasteiger partial charge in [0.2, 0.25) is 0 Å². The monoisotopic (exact) mass is 591 g/mol. The Morgan fingerprint density at radius 3 is 2.56 bits per heavy atom. The van der Waals surface area contributed by atoms with Gasteiger partial charge in [-0.3, -0.25) is 10.1 Å². The van der Waals surface area contributed by atoms with E-state index in [4.69, 9.17) is 14.2 Å². The fraction of sp³-hybridized carbons (Fsp3) is 0.364. The number of anilines is 1. The molecule has 1 amide bonds. The van der Waals surface area contributed by atoms with Crippen LogP contribution in [0.5, 0.6) is 5.75 Å². The second kappa shape index (κ2) is 13.8. The summed E-state index contributed by atoms with van der Waals surface area (Å²) in [6.07, 6.45) is -0.0387. The van der Waals surface area contributed by atoms with Crippen molar-refractivity contribution in [2.24, 2.45) is 0 Å². The van der Waals surface area contributed by atoms with Crippen LogP contribution in [0.4, 0.5) is 10.5 Å². The molecule has 0 aliphatic carbocycles. The molecule has 2 atom stereocenters. The van der Waals surface area contributed by atoms with Crippen molar-refractivity contribution >= 4 is 64.7 Å². The highest BCUT2D eigenvalue weighted by molar-refractivity contribution is 14.1. The molecule has 0 saturated heterocycles. The van der Waals surface area contributed by atoms with Crippen molar-refractivity contribution in [2.45, 2.75) is 30.4 Å². The van der Waals surface area contributed by atoms with E-state index in [1.807, 2.05) is 25.3 Å². The molecule has 0 aliphatic heterocycles. The predicted molar refractivity (Wildman–Crippen MR) is 137 cm³/mol. The number of benzene rings is 2. The van der Waals surface area contributed by atoms with Crippen LogP contribution in [0.1, 0.15) is 25.0 Å². The minimum atomic E-state index is -0.926. The fourth-order valence-corrected chi connectivity index (χ4v) is 3.92. The first kappa shape index (κ1) is 26.6. The predicted octanol–water partition coefficient (Wildman–Crippen LogP) is 5.28. The van der Waals surface area contributed by atoms with Gasteiger partial charge in [0.15, 0.2) is 6.10 Å². The van der Waals surface area contributed by atoms with Gasteiger partial charge in [-0.05, 0) is 78.2 Å². The Hall–Kier alpha value is -1.63. The number of phenolic OH excluding ortho intramolecular Hbond substituents is 1. The summed E-state index contributed by atoms with van der Waals surface area (Å²) in [5.41, 5.74) is 0.984. The number of ether oxygens (including phenoxy) is 3. The molecule has 0 unspecified atom stereocenters. The topological polar surface area (TPSA) is 94.1 Å². The van der Waals surface area contributed by atoms with Gasteiger partial charge >= 0.3 is 12.1 Å². The average Bonchev–Trinajstić information content (AvgIpc) is 2.79. The van der Waals surface area contributed by atoms with Crippen molar-refractivity contribution in [2.75, 3.05) is 30.5 Å². The number of phenols is 1. The number of carbonyl (C=O) groups is 2. The molecule has 2 rings (SSSR count). The molecule has 174 valence electrons. The Balaban J connectivity index is 2.24. The third kappa shape index (κ3) is 8.38. The lowest BCUT2D eigenvalue weighted by Gasteiger charge is -2.28. The number of nitrogens with one attached hydrogen (secondary N) is 1. The van der Waals surface area contributed by atoms with E-state index in [9.17, 15) is 14.7 Å². The van der Waals surface area contributed by atoms with E-state index in [-0.39, 0.29) is 24.5 Å². The Labute approximate surface area is 211 Å². The highest BCUT2D eigenvalue weighted by atomic mass is 127. The number of rotatable bonds is 11. The van der Waals surface area contributed by atoms with Crippen LogP contribution in [-0.2, 0) is 19.0 Å². The van der Waals surface area contributed by atoms with Gasteiger partial charge in [-0.25, -0.2) is 4.79 Å². The lowest BCUT2D eigenvalue weighted by Crippen LogP contribution is -2.30. The van der Waals surface area contributed by atoms with Crippen LogP contribution in [0.15, 0.2) is 47.4 Å². The van der Waals surface area contributed by atoms with E-state index in [1.54, 1.807) is 36.0 Å². The Morgan fingerprint density at radius 1 is 1.22 bits per heavy atom. The Morgan fingerprint density at radius 2 is 1.94 bits per heavy atom. The number of thiol groups is 1. The van der Waals surface area contributed by atoms with Crippen LogP contribution in [0.2, 0.25) is 0 Å². The summed E-state index contributed by atoms with van der Waals surface area (Å²) in [6, 6.07) is 12.4. The Bertz CT molecular complexity index is 896. The quantitative estimate of drug-likeness (QED) is 0.142. The minimum absolute atomic E-state index is 0.0235. The number of halogens is 1. The molecule has 32 heavy (non-hydrogen) atoms. The first-order valence-corrected chi connectivity index (χ1v) is 12.8. The van der Waals surface area contributed by atoms with Crippen LogP contribution >= 0.6 is 47.0 Å². The van der Waals surface area contributed by atoms with Crippen molar-refractivity contribution in [3.63, 3.8) is 0 Å². The van der Waals surface area contributed by atoms with Crippen molar-refractivity contribution in [1.29, 1.82) is 0 Å². The van der Waals surface area contributed by atoms with Gasteiger partial charge in [0.25, 0.3) is 0 Å². The van der Waals surface area contributed by atoms with Gasteiger partial charge in [-0.1, -0.05) is 0 Å². The standard InChI is InChI=1S/C22H26INO6S2/c1-3-28-19(10-11-29-20(26)13-31)21(17-12-14(23)4-9-18(17)25)30-22(27)24-15-5-7-16(32-2)8-6-15/h4-9,12,19,21,25,31H,3,10-11,13H2,1-2H3,(H,24,27)/t19-,21-/m1/s1. The van der Waals surface area contributed by atoms with E-state index in [1.165, 1.54) is 6.07 Å². The molecule has 2 N–H and O–H groups in total. The van der Waals surface area contributed by atoms with E-state index >= 15 is 0 Å². The molecule has 0 fully saturated rings. The van der Waals surface area contributed by atoms with Crippen LogP contribution in [0, 0.1) is 3.57 Å². The zero-order valence-corrected chi connectivity index (χ0v) is 21.6. The van der Waals surface area contributed by atoms with Gasteiger partial charge in [-0.15, -0.1) is 11.8 Å². The van der Waals surface area contributed by atoms with Gasteiger partial charge in [0.05, 0.1) is 12.4 Å². The van der Waals surface area contributed by atoms with Crippen molar-refractivity contribution in [1.82, 2.24) is 0 Å². The number of aromatic hydroxyl groups is 1. The third-order valence-electron chi connectivity index (χ3n) is 4.38. The van der Waals surface area contributed by atoms with Gasteiger partial charge in [0, 0.05) is 32.7 Å². The number of esters is 1. The molecule has 0 saturated carbocycles. The second-order valence-corrected chi connectivity index (χ2v) is 8.99. The highest BCUT2D eigenvalue weighted by Gasteiger charge is 2.30. The molecule has 2 aromatic carbocycles. The number of amides is 1. The maximum Gasteiger partial charge on any atom is 0.412 e. The molecule has 0 bridgehead atoms. The molecule has 0 radical (unpaired) electrons. The van der Waals surface area contributed by atoms with Crippen LogP contribution in [-0.4, -0.2) is 48.5 Å². The van der Waals surface area contributed by atoms with Gasteiger partial charge < -0.3 is 19.3 Å². The average molecular weight is 591 g/mol. The normalized spacial score (nSPS) is 12.6. The van der Waals surface area contributed by atoms with Gasteiger partial charge in [-0.2, -0.15) is 12.6 Å². The molecule has 0 aliphatic rings. The van der Waals surface area contributed by atoms with Crippen LogP contribution < -0.4 is 5.32 Å². The van der Waals surface area contributed by atoms with Crippen molar-refractivity contribution in [3.8, 4) is 5.75 Å². The number of hydrogen-bond acceptors (Lipinski definition) is 8. The summed E-state index contributed by atoms with van der Waals surface area (Å²) in [5.74, 6) is -0.511. The summed E-state index contributed by atoms with van der Waals surface area (Å²) >= 11 is 7.60. The lowest BCUT2D eigenvalue weighted by atomic mass is 10.0. The maximum atomic E-state index is 12.7. The molecule has 7 nitrogen and oxygen atoms in total. The summed E-state index contributed by atoms with van der Waals surface area (Å²) in [4.78, 5) is 25.2. The smallest absolute Gasteiger partial charge is 0.412 e. The molecule has 2 aromatic rings. The van der Waals surface area contributed by atoms with Crippen molar-refractivity contribution in [3.05, 3.63) is 51.6 Å². The van der Waals surface area contributed by atoms with E-state index < -0.39 is 24.3 Å². The van der Waals surface area contributed by atoms with E-state index in [0.29, 0.717) is 17.9 Å². The first-order valence-electron chi connectivity index (χ1n) is 9.86. The molecule has 0 aromatic heterocycles. The summed E-state index contributed by atoms with van der Waals surface area (Å²) in [6.45, 7) is 2.21. The number of carbonyl (C=O) groups excluding carboxylic acids is 2. The lowest BCUT2D eigenvalue weighted by molar-refractivity contribution is -0.142. The molecule has 10 heteroatoms. The molecule has 0 heterocycles. The van der Waals surface area contributed by atoms with Crippen LogP contribution in [0.3, 0.4) is 0 Å². The van der Waals surface area contributed by atoms with Crippen LogP contribution in [0.25, 0.3) is 0 Å². The Kier molecular flexibility index (Phi) is 11.5. The van der Waals surface area contributed by atoms with Crippen molar-refractivity contribution < 1.29 is 28.9 Å².